The minimum absolute atomic E-state index is 0.0816. The maximum Gasteiger partial charge on any atom is 0.224 e. The zero-order chi connectivity index (χ0) is 11.3. The van der Waals surface area contributed by atoms with Crippen LogP contribution >= 0.6 is 0 Å². The molecule has 1 atom stereocenters. The zero-order valence-electron chi connectivity index (χ0n) is 8.66. The number of amides is 1. The smallest absolute Gasteiger partial charge is 0.224 e. The monoisotopic (exact) mass is 210 g/mol. The van der Waals surface area contributed by atoms with E-state index in [0.717, 1.165) is 5.56 Å². The second-order valence-electron chi connectivity index (χ2n) is 3.38. The number of rotatable bonds is 4. The molecule has 0 fully saturated rings. The Balaban J connectivity index is 2.66. The van der Waals surface area contributed by atoms with Crippen molar-refractivity contribution in [3.05, 3.63) is 35.6 Å². The first-order valence-corrected chi connectivity index (χ1v) is 4.83. The first-order chi connectivity index (χ1) is 7.17. The number of hydrogen-bond acceptors (Lipinski definition) is 2. The number of carbonyl (C=O) groups is 1. The molecule has 4 heteroatoms. The number of benzene rings is 1. The Labute approximate surface area is 88.5 Å². The van der Waals surface area contributed by atoms with Crippen LogP contribution < -0.4 is 11.1 Å². The van der Waals surface area contributed by atoms with Gasteiger partial charge in [0.25, 0.3) is 0 Å². The minimum Gasteiger partial charge on any atom is -0.359 e. The van der Waals surface area contributed by atoms with Crippen LogP contribution in [0.2, 0.25) is 0 Å². The van der Waals surface area contributed by atoms with Crippen molar-refractivity contribution >= 4 is 5.91 Å². The van der Waals surface area contributed by atoms with Gasteiger partial charge in [-0.1, -0.05) is 12.1 Å². The molecular formula is C11H15FN2O. The number of nitrogens with two attached hydrogens (primary N) is 1. The van der Waals surface area contributed by atoms with Gasteiger partial charge in [0.2, 0.25) is 5.91 Å². The van der Waals surface area contributed by atoms with Gasteiger partial charge in [0.05, 0.1) is 5.92 Å². The van der Waals surface area contributed by atoms with Gasteiger partial charge >= 0.3 is 0 Å². The van der Waals surface area contributed by atoms with Crippen LogP contribution in [0.25, 0.3) is 0 Å². The van der Waals surface area contributed by atoms with Gasteiger partial charge in [0.1, 0.15) is 5.82 Å². The molecule has 3 nitrogen and oxygen atoms in total. The fourth-order valence-electron chi connectivity index (χ4n) is 1.39. The van der Waals surface area contributed by atoms with Crippen LogP contribution in [0.3, 0.4) is 0 Å². The molecule has 0 heterocycles. The van der Waals surface area contributed by atoms with Gasteiger partial charge in [-0.3, -0.25) is 4.79 Å². The highest BCUT2D eigenvalue weighted by Crippen LogP contribution is 2.09. The molecule has 0 aliphatic rings. The lowest BCUT2D eigenvalue weighted by Crippen LogP contribution is -2.34. The Morgan fingerprint density at radius 3 is 2.53 bits per heavy atom. The van der Waals surface area contributed by atoms with Crippen molar-refractivity contribution in [1.29, 1.82) is 0 Å². The van der Waals surface area contributed by atoms with Gasteiger partial charge in [-0.15, -0.1) is 0 Å². The van der Waals surface area contributed by atoms with Crippen LogP contribution in [0.5, 0.6) is 0 Å². The lowest BCUT2D eigenvalue weighted by Gasteiger charge is -2.12. The summed E-state index contributed by atoms with van der Waals surface area (Å²) in [7, 11) is 1.58. The molecule has 3 N–H and O–H groups in total. The summed E-state index contributed by atoms with van der Waals surface area (Å²) in [6, 6.07) is 6.10. The van der Waals surface area contributed by atoms with Gasteiger partial charge < -0.3 is 11.1 Å². The highest BCUT2D eigenvalue weighted by Gasteiger charge is 2.15. The highest BCUT2D eigenvalue weighted by atomic mass is 19.1. The van der Waals surface area contributed by atoms with Crippen LogP contribution in [0.1, 0.15) is 5.56 Å². The normalized spacial score (nSPS) is 12.2. The average Bonchev–Trinajstić information content (AvgIpc) is 2.27. The molecule has 0 aliphatic heterocycles. The van der Waals surface area contributed by atoms with E-state index < -0.39 is 0 Å². The van der Waals surface area contributed by atoms with Crippen molar-refractivity contribution in [2.24, 2.45) is 11.7 Å². The highest BCUT2D eigenvalue weighted by molar-refractivity contribution is 5.78. The molecule has 0 saturated heterocycles. The third-order valence-corrected chi connectivity index (χ3v) is 2.30. The zero-order valence-corrected chi connectivity index (χ0v) is 8.66. The predicted octanol–water partition coefficient (Wildman–Crippen LogP) is 0.689. The summed E-state index contributed by atoms with van der Waals surface area (Å²) in [6.45, 7) is 0.289. The molecule has 1 aromatic rings. The van der Waals surface area contributed by atoms with E-state index in [1.165, 1.54) is 12.1 Å². The fourth-order valence-corrected chi connectivity index (χ4v) is 1.39. The minimum atomic E-state index is -0.275. The molecule has 1 aromatic carbocycles. The summed E-state index contributed by atoms with van der Waals surface area (Å²) in [6.07, 6.45) is 0.538. The third kappa shape index (κ3) is 3.32. The van der Waals surface area contributed by atoms with E-state index in [9.17, 15) is 9.18 Å². The number of hydrogen-bond donors (Lipinski definition) is 2. The second kappa shape index (κ2) is 5.46. The largest absolute Gasteiger partial charge is 0.359 e. The quantitative estimate of drug-likeness (QED) is 0.768. The molecule has 1 amide bonds. The molecule has 0 aliphatic carbocycles. The second-order valence-corrected chi connectivity index (χ2v) is 3.38. The standard InChI is InChI=1S/C11H15FN2O/c1-14-11(15)9(7-13)6-8-2-4-10(12)5-3-8/h2-5,9H,6-7,13H2,1H3,(H,14,15)/t9-/m1/s1. The van der Waals surface area contributed by atoms with E-state index in [4.69, 9.17) is 5.73 Å². The molecule has 82 valence electrons. The van der Waals surface area contributed by atoms with Gasteiger partial charge in [-0.25, -0.2) is 4.39 Å². The predicted molar refractivity (Wildman–Crippen MR) is 56.7 cm³/mol. The Hall–Kier alpha value is -1.42. The Bertz CT molecular complexity index is 324. The maximum atomic E-state index is 12.6. The fraction of sp³-hybridized carbons (Fsp3) is 0.364. The molecule has 0 unspecified atom stereocenters. The van der Waals surface area contributed by atoms with E-state index >= 15 is 0 Å². The van der Waals surface area contributed by atoms with E-state index in [1.807, 2.05) is 0 Å². The van der Waals surface area contributed by atoms with E-state index in [1.54, 1.807) is 19.2 Å². The summed E-state index contributed by atoms with van der Waals surface area (Å²) in [4.78, 5) is 11.3. The van der Waals surface area contributed by atoms with Crippen LogP contribution in [-0.4, -0.2) is 19.5 Å². The molecule has 15 heavy (non-hydrogen) atoms. The number of carbonyl (C=O) groups excluding carboxylic acids is 1. The molecule has 1 rings (SSSR count). The van der Waals surface area contributed by atoms with Crippen molar-refractivity contribution in [2.45, 2.75) is 6.42 Å². The molecule has 0 radical (unpaired) electrons. The van der Waals surface area contributed by atoms with Gasteiger partial charge in [-0.2, -0.15) is 0 Å². The Morgan fingerprint density at radius 2 is 2.07 bits per heavy atom. The summed E-state index contributed by atoms with van der Waals surface area (Å²) in [5.41, 5.74) is 6.40. The topological polar surface area (TPSA) is 55.1 Å². The molecule has 0 aromatic heterocycles. The Kier molecular flexibility index (Phi) is 4.24. The maximum absolute atomic E-state index is 12.6. The van der Waals surface area contributed by atoms with E-state index in [-0.39, 0.29) is 24.2 Å². The van der Waals surface area contributed by atoms with Crippen molar-refractivity contribution in [2.75, 3.05) is 13.6 Å². The van der Waals surface area contributed by atoms with Crippen LogP contribution in [-0.2, 0) is 11.2 Å². The SMILES string of the molecule is CNC(=O)[C@@H](CN)Cc1ccc(F)cc1. The molecule has 0 bridgehead atoms. The van der Waals surface area contributed by atoms with Crippen molar-refractivity contribution in [1.82, 2.24) is 5.32 Å². The van der Waals surface area contributed by atoms with Gasteiger partial charge in [0.15, 0.2) is 0 Å². The first kappa shape index (κ1) is 11.7. The molecule has 0 spiro atoms. The Morgan fingerprint density at radius 1 is 1.47 bits per heavy atom. The molecule has 0 saturated carbocycles. The molecular weight excluding hydrogens is 195 g/mol. The summed E-state index contributed by atoms with van der Waals surface area (Å²) < 4.78 is 12.6. The summed E-state index contributed by atoms with van der Waals surface area (Å²) >= 11 is 0. The third-order valence-electron chi connectivity index (χ3n) is 2.30. The number of halogens is 1. The van der Waals surface area contributed by atoms with Crippen LogP contribution in [0, 0.1) is 11.7 Å². The lowest BCUT2D eigenvalue weighted by molar-refractivity contribution is -0.124. The van der Waals surface area contributed by atoms with Crippen LogP contribution in [0.15, 0.2) is 24.3 Å². The van der Waals surface area contributed by atoms with Gasteiger partial charge in [-0.05, 0) is 24.1 Å². The van der Waals surface area contributed by atoms with Crippen molar-refractivity contribution < 1.29 is 9.18 Å². The van der Waals surface area contributed by atoms with Gasteiger partial charge in [0, 0.05) is 13.6 Å². The summed E-state index contributed by atoms with van der Waals surface area (Å²) in [5, 5.41) is 2.55. The van der Waals surface area contributed by atoms with Crippen LogP contribution in [0.4, 0.5) is 4.39 Å². The van der Waals surface area contributed by atoms with Crippen molar-refractivity contribution in [3.8, 4) is 0 Å². The summed E-state index contributed by atoms with van der Waals surface area (Å²) in [5.74, 6) is -0.606. The van der Waals surface area contributed by atoms with E-state index in [0.29, 0.717) is 6.42 Å². The lowest BCUT2D eigenvalue weighted by atomic mass is 9.99. The van der Waals surface area contributed by atoms with Crippen molar-refractivity contribution in [3.63, 3.8) is 0 Å². The number of nitrogens with one attached hydrogen (secondary N) is 1. The first-order valence-electron chi connectivity index (χ1n) is 4.83. The van der Waals surface area contributed by atoms with E-state index in [2.05, 4.69) is 5.32 Å². The average molecular weight is 210 g/mol.